The first-order valence-electron chi connectivity index (χ1n) is 13.9. The largest absolute Gasteiger partial charge is 0.478 e. The standard InChI is InChI=1S/C23H26FN3O.2C4H4O4/c24-20-6-7-21-22(14-20)28-25-23(21)17-8-12-26(13-9-17)10-3-11-27-15-18-4-1-2-5-19(18)16-27;2*5-3(6)1-2-4(7)8/h1-2,4-7,14,17H,3,8-13,15-16H2;2*1-2H,(H,5,6)(H,7,8)/b;2*2-1+. The van der Waals surface area contributed by atoms with E-state index in [2.05, 4.69) is 39.2 Å². The summed E-state index contributed by atoms with van der Waals surface area (Å²) in [4.78, 5) is 43.3. The van der Waals surface area contributed by atoms with Crippen LogP contribution in [-0.2, 0) is 32.3 Å². The number of halogens is 1. The van der Waals surface area contributed by atoms with Crippen LogP contribution < -0.4 is 0 Å². The highest BCUT2D eigenvalue weighted by molar-refractivity contribution is 5.90. The summed E-state index contributed by atoms with van der Waals surface area (Å²) in [5.74, 6) is -4.89. The van der Waals surface area contributed by atoms with Crippen molar-refractivity contribution >= 4 is 34.8 Å². The summed E-state index contributed by atoms with van der Waals surface area (Å²) >= 11 is 0. The zero-order chi connectivity index (χ0) is 32.1. The van der Waals surface area contributed by atoms with Gasteiger partial charge in [-0.3, -0.25) is 4.90 Å². The van der Waals surface area contributed by atoms with Crippen LogP contribution in [0.1, 0.15) is 42.0 Å². The summed E-state index contributed by atoms with van der Waals surface area (Å²) in [5.41, 5.74) is 4.54. The number of aliphatic carboxylic acids is 4. The summed E-state index contributed by atoms with van der Waals surface area (Å²) in [6, 6.07) is 13.5. The maximum atomic E-state index is 13.3. The lowest BCUT2D eigenvalue weighted by molar-refractivity contribution is -0.134. The molecule has 234 valence electrons. The molecule has 0 bridgehead atoms. The second-order valence-electron chi connectivity index (χ2n) is 10.2. The van der Waals surface area contributed by atoms with Crippen molar-refractivity contribution in [2.24, 2.45) is 0 Å². The van der Waals surface area contributed by atoms with Crippen LogP contribution in [0.15, 0.2) is 71.3 Å². The van der Waals surface area contributed by atoms with Gasteiger partial charge >= 0.3 is 23.9 Å². The quantitative estimate of drug-likeness (QED) is 0.256. The van der Waals surface area contributed by atoms with Crippen LogP contribution in [0.4, 0.5) is 4.39 Å². The Morgan fingerprint density at radius 1 is 0.795 bits per heavy atom. The summed E-state index contributed by atoms with van der Waals surface area (Å²) in [6.45, 7) is 6.70. The van der Waals surface area contributed by atoms with Crippen molar-refractivity contribution in [2.75, 3.05) is 26.2 Å². The zero-order valence-electron chi connectivity index (χ0n) is 23.8. The van der Waals surface area contributed by atoms with Gasteiger partial charge in [0.1, 0.15) is 5.82 Å². The van der Waals surface area contributed by atoms with Crippen molar-refractivity contribution in [3.63, 3.8) is 0 Å². The molecule has 1 aromatic heterocycles. The molecule has 13 heteroatoms. The van der Waals surface area contributed by atoms with Crippen LogP contribution in [0.5, 0.6) is 0 Å². The van der Waals surface area contributed by atoms with Gasteiger partial charge in [0.2, 0.25) is 0 Å². The molecule has 2 aromatic carbocycles. The molecule has 0 atom stereocenters. The van der Waals surface area contributed by atoms with Crippen molar-refractivity contribution < 1.29 is 48.5 Å². The fourth-order valence-electron chi connectivity index (χ4n) is 5.02. The van der Waals surface area contributed by atoms with Gasteiger partial charge < -0.3 is 29.8 Å². The fraction of sp³-hybridized carbons (Fsp3) is 0.323. The molecule has 2 aliphatic rings. The van der Waals surface area contributed by atoms with Gasteiger partial charge in [0.15, 0.2) is 5.58 Å². The number of benzene rings is 2. The van der Waals surface area contributed by atoms with Crippen molar-refractivity contribution in [1.82, 2.24) is 15.0 Å². The second kappa shape index (κ2) is 16.7. The van der Waals surface area contributed by atoms with Gasteiger partial charge in [-0.15, -0.1) is 0 Å². The van der Waals surface area contributed by atoms with Crippen LogP contribution in [0.3, 0.4) is 0 Å². The minimum atomic E-state index is -1.26. The summed E-state index contributed by atoms with van der Waals surface area (Å²) < 4.78 is 18.7. The number of hydrogen-bond acceptors (Lipinski definition) is 8. The van der Waals surface area contributed by atoms with E-state index in [1.165, 1.54) is 29.7 Å². The number of fused-ring (bicyclic) bond motifs is 2. The van der Waals surface area contributed by atoms with Gasteiger partial charge in [0, 0.05) is 61.3 Å². The van der Waals surface area contributed by atoms with Crippen LogP contribution in [0.25, 0.3) is 11.0 Å². The summed E-state index contributed by atoms with van der Waals surface area (Å²) in [6.07, 6.45) is 5.63. The Balaban J connectivity index is 0.000000275. The van der Waals surface area contributed by atoms with E-state index in [0.717, 1.165) is 63.2 Å². The highest BCUT2D eigenvalue weighted by atomic mass is 19.1. The zero-order valence-corrected chi connectivity index (χ0v) is 23.8. The molecule has 2 aliphatic heterocycles. The van der Waals surface area contributed by atoms with Crippen LogP contribution >= 0.6 is 0 Å². The lowest BCUT2D eigenvalue weighted by atomic mass is 9.91. The molecule has 3 heterocycles. The van der Waals surface area contributed by atoms with E-state index in [1.807, 2.05) is 0 Å². The normalized spacial score (nSPS) is 15.4. The Morgan fingerprint density at radius 2 is 1.30 bits per heavy atom. The fourth-order valence-corrected chi connectivity index (χ4v) is 5.02. The molecule has 4 N–H and O–H groups in total. The van der Waals surface area contributed by atoms with E-state index in [9.17, 15) is 23.6 Å². The molecule has 12 nitrogen and oxygen atoms in total. The second-order valence-corrected chi connectivity index (χ2v) is 10.2. The minimum absolute atomic E-state index is 0.272. The highest BCUT2D eigenvalue weighted by Gasteiger charge is 2.25. The Morgan fingerprint density at radius 3 is 1.80 bits per heavy atom. The van der Waals surface area contributed by atoms with Crippen molar-refractivity contribution in [2.45, 2.75) is 38.3 Å². The van der Waals surface area contributed by atoms with E-state index in [4.69, 9.17) is 24.9 Å². The van der Waals surface area contributed by atoms with Gasteiger partial charge in [-0.2, -0.15) is 0 Å². The monoisotopic (exact) mass is 611 g/mol. The Kier molecular flexibility index (Phi) is 12.7. The summed E-state index contributed by atoms with van der Waals surface area (Å²) in [7, 11) is 0. The van der Waals surface area contributed by atoms with Crippen LogP contribution in [-0.4, -0.2) is 85.4 Å². The maximum absolute atomic E-state index is 13.3. The van der Waals surface area contributed by atoms with Crippen LogP contribution in [0.2, 0.25) is 0 Å². The van der Waals surface area contributed by atoms with Crippen molar-refractivity contribution in [3.8, 4) is 0 Å². The lowest BCUT2D eigenvalue weighted by Gasteiger charge is -2.31. The van der Waals surface area contributed by atoms with E-state index in [1.54, 1.807) is 6.07 Å². The average molecular weight is 612 g/mol. The first kappa shape index (κ1) is 33.6. The third-order valence-corrected chi connectivity index (χ3v) is 7.03. The molecule has 0 amide bonds. The number of aromatic nitrogens is 1. The molecule has 5 rings (SSSR count). The van der Waals surface area contributed by atoms with E-state index in [0.29, 0.717) is 35.8 Å². The molecule has 1 fully saturated rings. The Bertz CT molecular complexity index is 1420. The number of nitrogens with zero attached hydrogens (tertiary/aromatic N) is 3. The number of carboxylic acids is 4. The predicted octanol–water partition coefficient (Wildman–Crippen LogP) is 3.98. The van der Waals surface area contributed by atoms with Crippen molar-refractivity contribution in [3.05, 3.63) is 89.4 Å². The van der Waals surface area contributed by atoms with Gasteiger partial charge in [-0.05, 0) is 62.2 Å². The Labute approximate surface area is 252 Å². The maximum Gasteiger partial charge on any atom is 0.328 e. The number of rotatable bonds is 9. The molecule has 0 unspecified atom stereocenters. The molecule has 44 heavy (non-hydrogen) atoms. The molecular weight excluding hydrogens is 577 g/mol. The van der Waals surface area contributed by atoms with E-state index in [-0.39, 0.29) is 5.82 Å². The van der Waals surface area contributed by atoms with Gasteiger partial charge in [0.25, 0.3) is 0 Å². The smallest absolute Gasteiger partial charge is 0.328 e. The number of piperidine rings is 1. The topological polar surface area (TPSA) is 182 Å². The van der Waals surface area contributed by atoms with Gasteiger partial charge in [0.05, 0.1) is 5.69 Å². The van der Waals surface area contributed by atoms with E-state index < -0.39 is 23.9 Å². The average Bonchev–Trinajstić information content (AvgIpc) is 3.59. The number of carboxylic acid groups (broad SMARTS) is 4. The van der Waals surface area contributed by atoms with Crippen molar-refractivity contribution in [1.29, 1.82) is 0 Å². The molecule has 0 saturated carbocycles. The molecular formula is C31H34FN3O9. The number of likely N-dealkylation sites (tertiary alicyclic amines) is 1. The Hall–Kier alpha value is -4.88. The molecule has 0 aliphatic carbocycles. The molecule has 0 spiro atoms. The van der Waals surface area contributed by atoms with Crippen LogP contribution in [0, 0.1) is 5.82 Å². The van der Waals surface area contributed by atoms with E-state index >= 15 is 0 Å². The molecule has 3 aromatic rings. The van der Waals surface area contributed by atoms with Gasteiger partial charge in [-0.1, -0.05) is 29.4 Å². The SMILES string of the molecule is Fc1ccc2c(C3CCN(CCCN4Cc5ccccc5C4)CC3)noc2c1.O=C(O)/C=C/C(=O)O.O=C(O)/C=C/C(=O)O. The molecule has 1 saturated heterocycles. The third-order valence-electron chi connectivity index (χ3n) is 7.03. The number of carbonyl (C=O) groups is 4. The van der Waals surface area contributed by atoms with Gasteiger partial charge in [-0.25, -0.2) is 23.6 Å². The number of hydrogen-bond donors (Lipinski definition) is 4. The first-order chi connectivity index (χ1) is 21.0. The first-order valence-corrected chi connectivity index (χ1v) is 13.9. The third kappa shape index (κ3) is 11.1. The summed E-state index contributed by atoms with van der Waals surface area (Å²) in [5, 5.41) is 36.5. The highest BCUT2D eigenvalue weighted by Crippen LogP contribution is 2.33. The minimum Gasteiger partial charge on any atom is -0.478 e. The lowest BCUT2D eigenvalue weighted by Crippen LogP contribution is -2.35. The molecule has 0 radical (unpaired) electrons. The predicted molar refractivity (Wildman–Crippen MR) is 156 cm³/mol.